The Hall–Kier alpha value is -1.13. The number of halogens is 1. The summed E-state index contributed by atoms with van der Waals surface area (Å²) in [6, 6.07) is 6.08. The zero-order valence-electron chi connectivity index (χ0n) is 9.77. The Morgan fingerprint density at radius 1 is 1.29 bits per heavy atom. The van der Waals surface area contributed by atoms with E-state index in [0.717, 1.165) is 12.8 Å². The van der Waals surface area contributed by atoms with Crippen LogP contribution in [-0.4, -0.2) is 25.9 Å². The van der Waals surface area contributed by atoms with Crippen molar-refractivity contribution < 1.29 is 13.9 Å². The van der Waals surface area contributed by atoms with Crippen molar-refractivity contribution in [2.24, 2.45) is 11.7 Å². The molecule has 1 unspecified atom stereocenters. The fourth-order valence-corrected chi connectivity index (χ4v) is 1.92. The first-order chi connectivity index (χ1) is 8.28. The minimum atomic E-state index is -0.246. The van der Waals surface area contributed by atoms with Gasteiger partial charge in [0, 0.05) is 12.5 Å². The van der Waals surface area contributed by atoms with Crippen molar-refractivity contribution in [1.29, 1.82) is 0 Å². The summed E-state index contributed by atoms with van der Waals surface area (Å²) in [4.78, 5) is 0. The van der Waals surface area contributed by atoms with Gasteiger partial charge in [0.05, 0.1) is 19.3 Å². The topological polar surface area (TPSA) is 44.5 Å². The molecule has 1 aromatic carbocycles. The monoisotopic (exact) mass is 239 g/mol. The quantitative estimate of drug-likeness (QED) is 0.873. The minimum absolute atomic E-state index is 0.206. The molecular weight excluding hydrogens is 221 g/mol. The lowest BCUT2D eigenvalue weighted by Crippen LogP contribution is -2.33. The molecule has 0 amide bonds. The summed E-state index contributed by atoms with van der Waals surface area (Å²) in [5.74, 6) is 0.860. The van der Waals surface area contributed by atoms with E-state index in [1.165, 1.54) is 12.1 Å². The summed E-state index contributed by atoms with van der Waals surface area (Å²) in [6.07, 6.45) is 2.27. The van der Waals surface area contributed by atoms with Crippen LogP contribution in [0.4, 0.5) is 4.39 Å². The molecule has 2 N–H and O–H groups in total. The minimum Gasteiger partial charge on any atom is -0.493 e. The molecule has 0 saturated carbocycles. The predicted octanol–water partition coefficient (Wildman–Crippen LogP) is 1.96. The van der Waals surface area contributed by atoms with Crippen LogP contribution >= 0.6 is 0 Å². The summed E-state index contributed by atoms with van der Waals surface area (Å²) in [6.45, 7) is 1.90. The fraction of sp³-hybridized carbons (Fsp3) is 0.538. The van der Waals surface area contributed by atoms with Crippen molar-refractivity contribution in [3.05, 3.63) is 30.1 Å². The van der Waals surface area contributed by atoms with Gasteiger partial charge in [0.2, 0.25) is 0 Å². The van der Waals surface area contributed by atoms with Crippen LogP contribution in [0.15, 0.2) is 24.3 Å². The summed E-state index contributed by atoms with van der Waals surface area (Å²) in [5.41, 5.74) is 5.54. The number of ether oxygens (including phenoxy) is 2. The van der Waals surface area contributed by atoms with Crippen LogP contribution < -0.4 is 10.5 Å². The van der Waals surface area contributed by atoms with E-state index in [1.54, 1.807) is 12.1 Å². The molecular formula is C13H18FNO2. The first kappa shape index (κ1) is 12.3. The average molecular weight is 239 g/mol. The van der Waals surface area contributed by atoms with Gasteiger partial charge < -0.3 is 15.2 Å². The van der Waals surface area contributed by atoms with E-state index in [4.69, 9.17) is 15.2 Å². The standard InChI is InChI=1S/C13H18FNO2/c14-11-2-5-12(6-3-11)16-8-10-1-4-13(7-15)17-9-10/h2-3,5-6,10,13H,1,4,7-9,15H2/t10?,13-/m0/s1. The lowest BCUT2D eigenvalue weighted by molar-refractivity contribution is -0.0219. The maximum Gasteiger partial charge on any atom is 0.123 e. The highest BCUT2D eigenvalue weighted by atomic mass is 19.1. The molecule has 1 fully saturated rings. The molecule has 0 bridgehead atoms. The molecule has 0 spiro atoms. The van der Waals surface area contributed by atoms with E-state index in [2.05, 4.69) is 0 Å². The first-order valence-electron chi connectivity index (χ1n) is 5.98. The molecule has 0 radical (unpaired) electrons. The zero-order valence-corrected chi connectivity index (χ0v) is 9.77. The van der Waals surface area contributed by atoms with Crippen LogP contribution in [0.2, 0.25) is 0 Å². The van der Waals surface area contributed by atoms with E-state index in [9.17, 15) is 4.39 Å². The van der Waals surface area contributed by atoms with Crippen molar-refractivity contribution in [1.82, 2.24) is 0 Å². The second-order valence-corrected chi connectivity index (χ2v) is 4.40. The third-order valence-electron chi connectivity index (χ3n) is 3.03. The molecule has 0 aliphatic carbocycles. The van der Waals surface area contributed by atoms with Gasteiger partial charge in [-0.3, -0.25) is 0 Å². The number of hydrogen-bond acceptors (Lipinski definition) is 3. The summed E-state index contributed by atoms with van der Waals surface area (Å²) < 4.78 is 23.8. The molecule has 3 nitrogen and oxygen atoms in total. The second-order valence-electron chi connectivity index (χ2n) is 4.40. The van der Waals surface area contributed by atoms with Crippen molar-refractivity contribution in [3.8, 4) is 5.75 Å². The lowest BCUT2D eigenvalue weighted by atomic mass is 9.99. The molecule has 1 aromatic rings. The van der Waals surface area contributed by atoms with Crippen LogP contribution in [0.1, 0.15) is 12.8 Å². The van der Waals surface area contributed by atoms with E-state index in [1.807, 2.05) is 0 Å². The van der Waals surface area contributed by atoms with Gasteiger partial charge in [-0.1, -0.05) is 0 Å². The molecule has 1 aliphatic rings. The predicted molar refractivity (Wildman–Crippen MR) is 63.4 cm³/mol. The Kier molecular flexibility index (Phi) is 4.34. The maximum absolute atomic E-state index is 12.7. The molecule has 94 valence electrons. The van der Waals surface area contributed by atoms with Crippen LogP contribution in [0, 0.1) is 11.7 Å². The Labute approximate surface area is 101 Å². The molecule has 17 heavy (non-hydrogen) atoms. The Balaban J connectivity index is 1.74. The lowest BCUT2D eigenvalue weighted by Gasteiger charge is -2.28. The van der Waals surface area contributed by atoms with Crippen LogP contribution in [0.25, 0.3) is 0 Å². The van der Waals surface area contributed by atoms with Crippen molar-refractivity contribution >= 4 is 0 Å². The second kappa shape index (κ2) is 5.98. The summed E-state index contributed by atoms with van der Waals surface area (Å²) in [5, 5.41) is 0. The van der Waals surface area contributed by atoms with Gasteiger partial charge in [0.25, 0.3) is 0 Å². The van der Waals surface area contributed by atoms with Gasteiger partial charge in [-0.2, -0.15) is 0 Å². The Morgan fingerprint density at radius 3 is 2.65 bits per heavy atom. The smallest absolute Gasteiger partial charge is 0.123 e. The van der Waals surface area contributed by atoms with Crippen LogP contribution in [0.3, 0.4) is 0 Å². The van der Waals surface area contributed by atoms with Gasteiger partial charge in [0.1, 0.15) is 11.6 Å². The van der Waals surface area contributed by atoms with E-state index < -0.39 is 0 Å². The highest BCUT2D eigenvalue weighted by Crippen LogP contribution is 2.20. The molecule has 2 rings (SSSR count). The van der Waals surface area contributed by atoms with Gasteiger partial charge >= 0.3 is 0 Å². The van der Waals surface area contributed by atoms with Crippen molar-refractivity contribution in [2.45, 2.75) is 18.9 Å². The van der Waals surface area contributed by atoms with E-state index in [0.29, 0.717) is 31.4 Å². The third kappa shape index (κ3) is 3.68. The molecule has 1 heterocycles. The van der Waals surface area contributed by atoms with Crippen molar-refractivity contribution in [2.75, 3.05) is 19.8 Å². The number of benzene rings is 1. The highest BCUT2D eigenvalue weighted by Gasteiger charge is 2.21. The number of hydrogen-bond donors (Lipinski definition) is 1. The van der Waals surface area contributed by atoms with E-state index in [-0.39, 0.29) is 11.9 Å². The van der Waals surface area contributed by atoms with Crippen LogP contribution in [-0.2, 0) is 4.74 Å². The largest absolute Gasteiger partial charge is 0.493 e. The van der Waals surface area contributed by atoms with Crippen LogP contribution in [0.5, 0.6) is 5.75 Å². The molecule has 1 aliphatic heterocycles. The maximum atomic E-state index is 12.7. The van der Waals surface area contributed by atoms with Gasteiger partial charge in [0.15, 0.2) is 0 Å². The summed E-state index contributed by atoms with van der Waals surface area (Å²) >= 11 is 0. The average Bonchev–Trinajstić information content (AvgIpc) is 2.39. The highest BCUT2D eigenvalue weighted by molar-refractivity contribution is 5.22. The molecule has 2 atom stereocenters. The van der Waals surface area contributed by atoms with Crippen molar-refractivity contribution in [3.63, 3.8) is 0 Å². The van der Waals surface area contributed by atoms with Gasteiger partial charge in [-0.25, -0.2) is 4.39 Å². The normalized spacial score (nSPS) is 24.6. The molecule has 4 heteroatoms. The molecule has 1 saturated heterocycles. The third-order valence-corrected chi connectivity index (χ3v) is 3.03. The first-order valence-corrected chi connectivity index (χ1v) is 5.98. The number of nitrogens with two attached hydrogens (primary N) is 1. The summed E-state index contributed by atoms with van der Waals surface area (Å²) in [7, 11) is 0. The Bertz CT molecular complexity index is 334. The SMILES string of the molecule is NC[C@@H]1CCC(COc2ccc(F)cc2)CO1. The zero-order chi connectivity index (χ0) is 12.1. The van der Waals surface area contributed by atoms with E-state index >= 15 is 0 Å². The van der Waals surface area contributed by atoms with Gasteiger partial charge in [-0.05, 0) is 37.1 Å². The van der Waals surface area contributed by atoms with Gasteiger partial charge in [-0.15, -0.1) is 0 Å². The fourth-order valence-electron chi connectivity index (χ4n) is 1.92. The Morgan fingerprint density at radius 2 is 2.06 bits per heavy atom. The molecule has 0 aromatic heterocycles. The number of rotatable bonds is 4.